The Bertz CT molecular complexity index is 300. The minimum Gasteiger partial charge on any atom is -0.360 e. The van der Waals surface area contributed by atoms with Crippen LogP contribution in [-0.2, 0) is 6.54 Å². The number of thioether (sulfide) groups is 1. The molecule has 1 N–H and O–H groups in total. The maximum absolute atomic E-state index is 11.7. The van der Waals surface area contributed by atoms with Crippen LogP contribution in [0.2, 0.25) is 0 Å². The molecule has 0 atom stereocenters. The van der Waals surface area contributed by atoms with Crippen LogP contribution < -0.4 is 5.32 Å². The van der Waals surface area contributed by atoms with Gasteiger partial charge in [0.05, 0.1) is 12.2 Å². The highest BCUT2D eigenvalue weighted by Crippen LogP contribution is 2.29. The van der Waals surface area contributed by atoms with Gasteiger partial charge in [-0.25, -0.2) is 0 Å². The molecule has 1 rings (SSSR count). The topological polar surface area (TPSA) is 38.1 Å². The van der Waals surface area contributed by atoms with Gasteiger partial charge in [-0.05, 0) is 18.7 Å². The number of aryl methyl sites for hydroxylation is 1. The number of rotatable bonds is 5. The second-order valence-corrected chi connectivity index (χ2v) is 4.07. The van der Waals surface area contributed by atoms with Crippen molar-refractivity contribution in [1.29, 1.82) is 0 Å². The van der Waals surface area contributed by atoms with Crippen LogP contribution in [-0.4, -0.2) is 23.0 Å². The van der Waals surface area contributed by atoms with E-state index in [1.54, 1.807) is 13.0 Å². The number of nitrogens with one attached hydrogen (secondary N) is 1. The van der Waals surface area contributed by atoms with E-state index in [0.29, 0.717) is 12.3 Å². The second-order valence-electron chi connectivity index (χ2n) is 2.91. The first-order valence-electron chi connectivity index (χ1n) is 4.31. The molecule has 0 aromatic carbocycles. The van der Waals surface area contributed by atoms with E-state index in [4.69, 9.17) is 4.52 Å². The Hall–Kier alpha value is -0.690. The quantitative estimate of drug-likeness (QED) is 0.801. The molecule has 0 aliphatic heterocycles. The standard InChI is InChI=1S/C8H11F3N2OS/c1-6-4-7(14-13-6)5-12-2-3-15-8(9,10)11/h4,12H,2-3,5H2,1H3. The van der Waals surface area contributed by atoms with E-state index in [2.05, 4.69) is 10.5 Å². The molecule has 0 radical (unpaired) electrons. The summed E-state index contributed by atoms with van der Waals surface area (Å²) in [6.07, 6.45) is 0. The van der Waals surface area contributed by atoms with Gasteiger partial charge in [-0.3, -0.25) is 0 Å². The Morgan fingerprint density at radius 2 is 2.27 bits per heavy atom. The van der Waals surface area contributed by atoms with Crippen molar-refractivity contribution >= 4 is 11.8 Å². The SMILES string of the molecule is Cc1cc(CNCCSC(F)(F)F)on1. The lowest BCUT2D eigenvalue weighted by atomic mass is 10.4. The highest BCUT2D eigenvalue weighted by molar-refractivity contribution is 8.00. The summed E-state index contributed by atoms with van der Waals surface area (Å²) in [5.41, 5.74) is -3.39. The van der Waals surface area contributed by atoms with Gasteiger partial charge in [0.15, 0.2) is 5.76 Å². The van der Waals surface area contributed by atoms with Gasteiger partial charge in [-0.15, -0.1) is 0 Å². The summed E-state index contributed by atoms with van der Waals surface area (Å²) >= 11 is -0.0348. The van der Waals surface area contributed by atoms with Crippen molar-refractivity contribution < 1.29 is 17.7 Å². The summed E-state index contributed by atoms with van der Waals surface area (Å²) in [4.78, 5) is 0. The predicted octanol–water partition coefficient (Wildman–Crippen LogP) is 2.33. The third kappa shape index (κ3) is 5.68. The average molecular weight is 240 g/mol. The lowest BCUT2D eigenvalue weighted by Gasteiger charge is -2.05. The van der Waals surface area contributed by atoms with E-state index in [1.165, 1.54) is 0 Å². The largest absolute Gasteiger partial charge is 0.441 e. The third-order valence-corrected chi connectivity index (χ3v) is 2.26. The molecule has 0 fully saturated rings. The molecule has 0 amide bonds. The summed E-state index contributed by atoms with van der Waals surface area (Å²) in [6, 6.07) is 1.74. The fourth-order valence-corrected chi connectivity index (χ4v) is 1.43. The van der Waals surface area contributed by atoms with Crippen molar-refractivity contribution in [3.8, 4) is 0 Å². The van der Waals surface area contributed by atoms with Gasteiger partial charge in [0.2, 0.25) is 0 Å². The number of hydrogen-bond acceptors (Lipinski definition) is 4. The molecule has 0 aliphatic carbocycles. The van der Waals surface area contributed by atoms with Gasteiger partial charge in [-0.2, -0.15) is 13.2 Å². The van der Waals surface area contributed by atoms with Crippen molar-refractivity contribution in [1.82, 2.24) is 10.5 Å². The summed E-state index contributed by atoms with van der Waals surface area (Å²) in [5, 5.41) is 6.49. The fraction of sp³-hybridized carbons (Fsp3) is 0.625. The van der Waals surface area contributed by atoms with Crippen LogP contribution in [0.15, 0.2) is 10.6 Å². The molecule has 0 saturated carbocycles. The average Bonchev–Trinajstić information content (AvgIpc) is 2.49. The molecule has 0 spiro atoms. The Kier molecular flexibility index (Phi) is 4.46. The number of alkyl halides is 3. The zero-order valence-corrected chi connectivity index (χ0v) is 8.91. The molecule has 1 aromatic heterocycles. The van der Waals surface area contributed by atoms with Crippen LogP contribution >= 0.6 is 11.8 Å². The van der Waals surface area contributed by atoms with E-state index in [9.17, 15) is 13.2 Å². The first-order valence-corrected chi connectivity index (χ1v) is 5.29. The lowest BCUT2D eigenvalue weighted by Crippen LogP contribution is -2.18. The molecule has 3 nitrogen and oxygen atoms in total. The number of aromatic nitrogens is 1. The van der Waals surface area contributed by atoms with Gasteiger partial charge >= 0.3 is 5.51 Å². The molecular weight excluding hydrogens is 229 g/mol. The molecule has 1 heterocycles. The summed E-state index contributed by atoms with van der Waals surface area (Å²) in [7, 11) is 0. The van der Waals surface area contributed by atoms with Gasteiger partial charge in [-0.1, -0.05) is 5.16 Å². The van der Waals surface area contributed by atoms with Gasteiger partial charge < -0.3 is 9.84 Å². The Labute approximate surface area is 89.4 Å². The summed E-state index contributed by atoms with van der Waals surface area (Å²) in [6.45, 7) is 2.47. The summed E-state index contributed by atoms with van der Waals surface area (Å²) < 4.78 is 40.0. The van der Waals surface area contributed by atoms with Gasteiger partial charge in [0, 0.05) is 18.4 Å². The van der Waals surface area contributed by atoms with Crippen LogP contribution in [0.1, 0.15) is 11.5 Å². The summed E-state index contributed by atoms with van der Waals surface area (Å²) in [5.74, 6) is 0.626. The van der Waals surface area contributed by atoms with Crippen LogP contribution in [0.3, 0.4) is 0 Å². The van der Waals surface area contributed by atoms with Crippen molar-refractivity contribution in [3.05, 3.63) is 17.5 Å². The highest BCUT2D eigenvalue weighted by Gasteiger charge is 2.27. The molecule has 0 bridgehead atoms. The highest BCUT2D eigenvalue weighted by atomic mass is 32.2. The van der Waals surface area contributed by atoms with E-state index in [1.807, 2.05) is 0 Å². The zero-order chi connectivity index (χ0) is 11.3. The smallest absolute Gasteiger partial charge is 0.360 e. The third-order valence-electron chi connectivity index (χ3n) is 1.52. The van der Waals surface area contributed by atoms with Crippen LogP contribution in [0.5, 0.6) is 0 Å². The van der Waals surface area contributed by atoms with E-state index in [-0.39, 0.29) is 24.1 Å². The Morgan fingerprint density at radius 3 is 2.80 bits per heavy atom. The minimum atomic E-state index is -4.15. The van der Waals surface area contributed by atoms with Crippen LogP contribution in [0.25, 0.3) is 0 Å². The molecule has 0 aliphatic rings. The maximum Gasteiger partial charge on any atom is 0.441 e. The van der Waals surface area contributed by atoms with Crippen molar-refractivity contribution in [2.75, 3.05) is 12.3 Å². The van der Waals surface area contributed by atoms with E-state index in [0.717, 1.165) is 5.69 Å². The molecule has 7 heteroatoms. The molecule has 0 saturated heterocycles. The Morgan fingerprint density at radius 1 is 1.53 bits per heavy atom. The first kappa shape index (κ1) is 12.4. The van der Waals surface area contributed by atoms with Gasteiger partial charge in [0.1, 0.15) is 0 Å². The molecule has 86 valence electrons. The predicted molar refractivity (Wildman–Crippen MR) is 51.5 cm³/mol. The molecular formula is C8H11F3N2OS. The molecule has 15 heavy (non-hydrogen) atoms. The number of hydrogen-bond donors (Lipinski definition) is 1. The van der Waals surface area contributed by atoms with E-state index < -0.39 is 5.51 Å². The van der Waals surface area contributed by atoms with Crippen molar-refractivity contribution in [2.45, 2.75) is 19.0 Å². The zero-order valence-electron chi connectivity index (χ0n) is 8.10. The molecule has 1 aromatic rings. The minimum absolute atomic E-state index is 0.00335. The number of halogens is 3. The lowest BCUT2D eigenvalue weighted by molar-refractivity contribution is -0.0327. The monoisotopic (exact) mass is 240 g/mol. The Balaban J connectivity index is 2.07. The van der Waals surface area contributed by atoms with Crippen LogP contribution in [0.4, 0.5) is 13.2 Å². The fourth-order valence-electron chi connectivity index (χ4n) is 0.950. The second kappa shape index (κ2) is 5.41. The van der Waals surface area contributed by atoms with Crippen molar-refractivity contribution in [3.63, 3.8) is 0 Å². The normalized spacial score (nSPS) is 12.0. The van der Waals surface area contributed by atoms with Crippen molar-refractivity contribution in [2.24, 2.45) is 0 Å². The van der Waals surface area contributed by atoms with Gasteiger partial charge in [0.25, 0.3) is 0 Å². The first-order chi connectivity index (χ1) is 6.97. The maximum atomic E-state index is 11.7. The van der Waals surface area contributed by atoms with E-state index >= 15 is 0 Å². The number of nitrogens with zero attached hydrogens (tertiary/aromatic N) is 1. The van der Waals surface area contributed by atoms with Crippen LogP contribution in [0, 0.1) is 6.92 Å². The molecule has 0 unspecified atom stereocenters.